The molecule has 0 aromatic heterocycles. The number of nitrogens with two attached hydrogens (primary N) is 1. The molecule has 122 valence electrons. The lowest BCUT2D eigenvalue weighted by Gasteiger charge is -2.26. The molecule has 3 nitrogen and oxygen atoms in total. The van der Waals surface area contributed by atoms with Crippen molar-refractivity contribution in [1.82, 2.24) is 4.90 Å². The fraction of sp³-hybridized carbons (Fsp3) is 0.350. The van der Waals surface area contributed by atoms with E-state index < -0.39 is 6.04 Å². The highest BCUT2D eigenvalue weighted by Crippen LogP contribution is 2.24. The number of amides is 1. The van der Waals surface area contributed by atoms with Crippen LogP contribution in [0.3, 0.4) is 0 Å². The molecular formula is C20H26N2O. The zero-order valence-corrected chi connectivity index (χ0v) is 14.4. The number of primary amides is 1. The SMILES string of the molecule is CN(Cc1ccc(C(C)(C)C)cc1)C(C(N)=O)c1ccccc1. The fourth-order valence-electron chi connectivity index (χ4n) is 2.76. The van der Waals surface area contributed by atoms with Crippen molar-refractivity contribution in [2.75, 3.05) is 7.05 Å². The Morgan fingerprint density at radius 3 is 2.09 bits per heavy atom. The first-order valence-electron chi connectivity index (χ1n) is 7.93. The van der Waals surface area contributed by atoms with Gasteiger partial charge in [0.1, 0.15) is 6.04 Å². The monoisotopic (exact) mass is 310 g/mol. The second-order valence-corrected chi connectivity index (χ2v) is 7.08. The van der Waals surface area contributed by atoms with Crippen LogP contribution in [0.1, 0.15) is 43.5 Å². The molecule has 0 heterocycles. The summed E-state index contributed by atoms with van der Waals surface area (Å²) in [6, 6.07) is 17.8. The second-order valence-electron chi connectivity index (χ2n) is 7.08. The molecule has 0 radical (unpaired) electrons. The lowest BCUT2D eigenvalue weighted by atomic mass is 9.86. The highest BCUT2D eigenvalue weighted by Gasteiger charge is 2.22. The van der Waals surface area contributed by atoms with Crippen molar-refractivity contribution in [2.24, 2.45) is 5.73 Å². The normalized spacial score (nSPS) is 13.1. The summed E-state index contributed by atoms with van der Waals surface area (Å²) in [4.78, 5) is 13.9. The van der Waals surface area contributed by atoms with E-state index in [9.17, 15) is 4.79 Å². The van der Waals surface area contributed by atoms with E-state index >= 15 is 0 Å². The van der Waals surface area contributed by atoms with Gasteiger partial charge in [-0.15, -0.1) is 0 Å². The van der Waals surface area contributed by atoms with Gasteiger partial charge in [-0.1, -0.05) is 75.4 Å². The maximum Gasteiger partial charge on any atom is 0.239 e. The molecule has 0 spiro atoms. The van der Waals surface area contributed by atoms with Crippen LogP contribution in [0, 0.1) is 0 Å². The number of hydrogen-bond donors (Lipinski definition) is 1. The summed E-state index contributed by atoms with van der Waals surface area (Å²) < 4.78 is 0. The van der Waals surface area contributed by atoms with Crippen LogP contribution in [0.4, 0.5) is 0 Å². The summed E-state index contributed by atoms with van der Waals surface area (Å²) in [6.45, 7) is 7.28. The van der Waals surface area contributed by atoms with Crippen LogP contribution in [0.15, 0.2) is 54.6 Å². The topological polar surface area (TPSA) is 46.3 Å². The van der Waals surface area contributed by atoms with Crippen LogP contribution in [-0.4, -0.2) is 17.9 Å². The first-order chi connectivity index (χ1) is 10.8. The van der Waals surface area contributed by atoms with E-state index in [1.807, 2.05) is 42.3 Å². The van der Waals surface area contributed by atoms with Gasteiger partial charge in [0.25, 0.3) is 0 Å². The Labute approximate surface area is 139 Å². The molecule has 2 aromatic carbocycles. The zero-order valence-electron chi connectivity index (χ0n) is 14.4. The number of likely N-dealkylation sites (N-methyl/N-ethyl adjacent to an activating group) is 1. The van der Waals surface area contributed by atoms with Crippen LogP contribution in [0.2, 0.25) is 0 Å². The van der Waals surface area contributed by atoms with Gasteiger partial charge in [0.2, 0.25) is 5.91 Å². The van der Waals surface area contributed by atoms with Crippen molar-refractivity contribution in [1.29, 1.82) is 0 Å². The Morgan fingerprint density at radius 1 is 1.04 bits per heavy atom. The van der Waals surface area contributed by atoms with Crippen molar-refractivity contribution in [3.63, 3.8) is 0 Å². The van der Waals surface area contributed by atoms with Gasteiger partial charge in [0.15, 0.2) is 0 Å². The van der Waals surface area contributed by atoms with Crippen LogP contribution >= 0.6 is 0 Å². The van der Waals surface area contributed by atoms with Crippen molar-refractivity contribution in [3.05, 3.63) is 71.3 Å². The minimum atomic E-state index is -0.418. The molecular weight excluding hydrogens is 284 g/mol. The number of nitrogens with zero attached hydrogens (tertiary/aromatic N) is 1. The van der Waals surface area contributed by atoms with E-state index in [4.69, 9.17) is 5.73 Å². The first-order valence-corrected chi connectivity index (χ1v) is 7.93. The third-order valence-electron chi connectivity index (χ3n) is 4.08. The molecule has 0 aliphatic carbocycles. The van der Waals surface area contributed by atoms with Gasteiger partial charge >= 0.3 is 0 Å². The molecule has 1 unspecified atom stereocenters. The quantitative estimate of drug-likeness (QED) is 0.916. The summed E-state index contributed by atoms with van der Waals surface area (Å²) in [7, 11) is 1.93. The third kappa shape index (κ3) is 4.42. The molecule has 3 heteroatoms. The molecule has 1 amide bonds. The first kappa shape index (κ1) is 17.2. The van der Waals surface area contributed by atoms with E-state index in [1.54, 1.807) is 0 Å². The molecule has 2 rings (SSSR count). The van der Waals surface area contributed by atoms with Crippen molar-refractivity contribution in [2.45, 2.75) is 38.8 Å². The van der Waals surface area contributed by atoms with E-state index in [1.165, 1.54) is 11.1 Å². The van der Waals surface area contributed by atoms with E-state index in [-0.39, 0.29) is 11.3 Å². The molecule has 2 N–H and O–H groups in total. The molecule has 0 saturated carbocycles. The van der Waals surface area contributed by atoms with Crippen LogP contribution < -0.4 is 5.73 Å². The van der Waals surface area contributed by atoms with Gasteiger partial charge in [-0.25, -0.2) is 0 Å². The number of carbonyl (C=O) groups excluding carboxylic acids is 1. The minimum absolute atomic E-state index is 0.143. The van der Waals surface area contributed by atoms with Crippen molar-refractivity contribution < 1.29 is 4.79 Å². The molecule has 0 aliphatic rings. The fourth-order valence-corrected chi connectivity index (χ4v) is 2.76. The standard InChI is InChI=1S/C20H26N2O/c1-20(2,3)17-12-10-15(11-13-17)14-22(4)18(19(21)23)16-8-6-5-7-9-16/h5-13,18H,14H2,1-4H3,(H2,21,23). The van der Waals surface area contributed by atoms with Gasteiger partial charge in [-0.2, -0.15) is 0 Å². The predicted octanol–water partition coefficient (Wildman–Crippen LogP) is 3.64. The average Bonchev–Trinajstić information content (AvgIpc) is 2.47. The lowest BCUT2D eigenvalue weighted by Crippen LogP contribution is -2.34. The Balaban J connectivity index is 2.16. The summed E-state index contributed by atoms with van der Waals surface area (Å²) in [6.07, 6.45) is 0. The Morgan fingerprint density at radius 2 is 1.61 bits per heavy atom. The highest BCUT2D eigenvalue weighted by molar-refractivity contribution is 5.81. The Bertz CT molecular complexity index is 642. The van der Waals surface area contributed by atoms with Crippen molar-refractivity contribution in [3.8, 4) is 0 Å². The second kappa shape index (κ2) is 6.97. The van der Waals surface area contributed by atoms with Gasteiger partial charge in [0.05, 0.1) is 0 Å². The summed E-state index contributed by atoms with van der Waals surface area (Å²) in [5.41, 5.74) is 9.17. The molecule has 2 aromatic rings. The smallest absolute Gasteiger partial charge is 0.239 e. The summed E-state index contributed by atoms with van der Waals surface area (Å²) >= 11 is 0. The van der Waals surface area contributed by atoms with Crippen LogP contribution in [0.5, 0.6) is 0 Å². The molecule has 23 heavy (non-hydrogen) atoms. The average molecular weight is 310 g/mol. The molecule has 1 atom stereocenters. The predicted molar refractivity (Wildman–Crippen MR) is 95.0 cm³/mol. The number of hydrogen-bond acceptors (Lipinski definition) is 2. The van der Waals surface area contributed by atoms with E-state index in [0.717, 1.165) is 5.56 Å². The zero-order chi connectivity index (χ0) is 17.0. The van der Waals surface area contributed by atoms with Gasteiger partial charge in [-0.3, -0.25) is 9.69 Å². The third-order valence-corrected chi connectivity index (χ3v) is 4.08. The van der Waals surface area contributed by atoms with Crippen molar-refractivity contribution >= 4 is 5.91 Å². The lowest BCUT2D eigenvalue weighted by molar-refractivity contribution is -0.123. The van der Waals surface area contributed by atoms with Crippen LogP contribution in [0.25, 0.3) is 0 Å². The van der Waals surface area contributed by atoms with E-state index in [2.05, 4.69) is 45.0 Å². The van der Waals surface area contributed by atoms with Crippen LogP contribution in [-0.2, 0) is 16.8 Å². The summed E-state index contributed by atoms with van der Waals surface area (Å²) in [5.74, 6) is -0.329. The van der Waals surface area contributed by atoms with E-state index in [0.29, 0.717) is 6.54 Å². The Kier molecular flexibility index (Phi) is 5.22. The maximum absolute atomic E-state index is 11.9. The summed E-state index contributed by atoms with van der Waals surface area (Å²) in [5, 5.41) is 0. The molecule has 0 aliphatic heterocycles. The maximum atomic E-state index is 11.9. The molecule has 0 bridgehead atoms. The molecule has 0 saturated heterocycles. The minimum Gasteiger partial charge on any atom is -0.368 e. The number of carbonyl (C=O) groups is 1. The van der Waals surface area contributed by atoms with Gasteiger partial charge < -0.3 is 5.73 Å². The highest BCUT2D eigenvalue weighted by atomic mass is 16.1. The number of benzene rings is 2. The molecule has 0 fully saturated rings. The largest absolute Gasteiger partial charge is 0.368 e. The number of rotatable bonds is 5. The Hall–Kier alpha value is -2.13. The van der Waals surface area contributed by atoms with Gasteiger partial charge in [0, 0.05) is 6.54 Å². The van der Waals surface area contributed by atoms with Gasteiger partial charge in [-0.05, 0) is 29.2 Å².